The fourth-order valence-electron chi connectivity index (χ4n) is 2.19. The van der Waals surface area contributed by atoms with E-state index >= 15 is 0 Å². The summed E-state index contributed by atoms with van der Waals surface area (Å²) in [6, 6.07) is 15.3. The first-order chi connectivity index (χ1) is 13.0. The van der Waals surface area contributed by atoms with Crippen molar-refractivity contribution in [1.29, 1.82) is 0 Å². The molecule has 8 heteroatoms. The van der Waals surface area contributed by atoms with Crippen LogP contribution < -0.4 is 10.2 Å². The molecule has 2 heterocycles. The lowest BCUT2D eigenvalue weighted by molar-refractivity contribution is -0.121. The molecule has 3 aromatic rings. The Labute approximate surface area is 159 Å². The van der Waals surface area contributed by atoms with Crippen molar-refractivity contribution in [1.82, 2.24) is 0 Å². The van der Waals surface area contributed by atoms with Crippen LogP contribution in [-0.4, -0.2) is 31.4 Å². The third kappa shape index (κ3) is 4.62. The van der Waals surface area contributed by atoms with Gasteiger partial charge >= 0.3 is 5.97 Å². The number of amides is 2. The zero-order chi connectivity index (χ0) is 19.2. The van der Waals surface area contributed by atoms with Crippen LogP contribution in [0.1, 0.15) is 20.2 Å². The number of benzene rings is 1. The molecule has 0 aliphatic rings. The molecule has 0 saturated carbocycles. The Morgan fingerprint density at radius 1 is 1.07 bits per heavy atom. The van der Waals surface area contributed by atoms with Gasteiger partial charge in [-0.25, -0.2) is 4.79 Å². The van der Waals surface area contributed by atoms with Crippen molar-refractivity contribution < 1.29 is 23.5 Å². The normalized spacial score (nSPS) is 10.3. The van der Waals surface area contributed by atoms with Crippen molar-refractivity contribution in [3.05, 3.63) is 71.5 Å². The van der Waals surface area contributed by atoms with Crippen LogP contribution in [-0.2, 0) is 9.53 Å². The maximum Gasteiger partial charge on any atom is 0.348 e. The third-order valence-electron chi connectivity index (χ3n) is 3.63. The summed E-state index contributed by atoms with van der Waals surface area (Å²) in [7, 11) is 1.61. The van der Waals surface area contributed by atoms with E-state index in [0.29, 0.717) is 10.7 Å². The number of rotatable bonds is 6. The van der Waals surface area contributed by atoms with Gasteiger partial charge in [0.05, 0.1) is 11.3 Å². The molecule has 27 heavy (non-hydrogen) atoms. The molecule has 0 bridgehead atoms. The summed E-state index contributed by atoms with van der Waals surface area (Å²) in [5.74, 6) is -1.23. The number of hydrogen-bond acceptors (Lipinski definition) is 6. The highest BCUT2D eigenvalue weighted by atomic mass is 32.1. The van der Waals surface area contributed by atoms with Gasteiger partial charge in [0.15, 0.2) is 12.4 Å². The summed E-state index contributed by atoms with van der Waals surface area (Å²) in [5, 5.41) is 3.10. The van der Waals surface area contributed by atoms with Gasteiger partial charge in [-0.2, -0.15) is 0 Å². The molecular formula is C19H16N2O5S. The lowest BCUT2D eigenvalue weighted by atomic mass is 10.3. The summed E-state index contributed by atoms with van der Waals surface area (Å²) in [6.07, 6.45) is 1.40. The second-order valence-corrected chi connectivity index (χ2v) is 6.54. The van der Waals surface area contributed by atoms with Crippen molar-refractivity contribution in [2.45, 2.75) is 0 Å². The van der Waals surface area contributed by atoms with Crippen LogP contribution in [0.5, 0.6) is 0 Å². The number of esters is 1. The molecule has 0 aliphatic carbocycles. The number of thiophene rings is 1. The van der Waals surface area contributed by atoms with E-state index in [1.54, 1.807) is 31.3 Å². The van der Waals surface area contributed by atoms with Gasteiger partial charge in [-0.15, -0.1) is 11.3 Å². The zero-order valence-electron chi connectivity index (χ0n) is 14.4. The van der Waals surface area contributed by atoms with Crippen LogP contribution in [0.3, 0.4) is 0 Å². The van der Waals surface area contributed by atoms with Crippen LogP contribution in [0, 0.1) is 0 Å². The van der Waals surface area contributed by atoms with Crippen LogP contribution >= 0.6 is 11.3 Å². The van der Waals surface area contributed by atoms with Crippen LogP contribution in [0.4, 0.5) is 10.7 Å². The van der Waals surface area contributed by atoms with E-state index in [0.717, 1.165) is 11.3 Å². The van der Waals surface area contributed by atoms with E-state index in [1.165, 1.54) is 23.3 Å². The number of anilines is 2. The average Bonchev–Trinajstić information content (AvgIpc) is 3.38. The summed E-state index contributed by atoms with van der Waals surface area (Å²) < 4.78 is 10.1. The van der Waals surface area contributed by atoms with E-state index in [4.69, 9.17) is 9.15 Å². The van der Waals surface area contributed by atoms with E-state index in [2.05, 4.69) is 5.32 Å². The largest absolute Gasteiger partial charge is 0.459 e. The molecule has 0 spiro atoms. The molecule has 1 aromatic carbocycles. The zero-order valence-corrected chi connectivity index (χ0v) is 15.2. The molecule has 0 atom stereocenters. The summed E-state index contributed by atoms with van der Waals surface area (Å²) in [5.41, 5.74) is 0.706. The minimum absolute atomic E-state index is 0.169. The van der Waals surface area contributed by atoms with E-state index in [9.17, 15) is 14.4 Å². The second-order valence-electron chi connectivity index (χ2n) is 5.46. The van der Waals surface area contributed by atoms with Crippen molar-refractivity contribution in [2.75, 3.05) is 23.9 Å². The lowest BCUT2D eigenvalue weighted by Crippen LogP contribution is -2.30. The highest BCUT2D eigenvalue weighted by Crippen LogP contribution is 2.23. The summed E-state index contributed by atoms with van der Waals surface area (Å²) in [6.45, 7) is -0.379. The molecule has 3 rings (SSSR count). The van der Waals surface area contributed by atoms with Gasteiger partial charge in [-0.3, -0.25) is 9.59 Å². The smallest absolute Gasteiger partial charge is 0.348 e. The number of nitrogens with one attached hydrogen (secondary N) is 1. The first kappa shape index (κ1) is 18.4. The molecule has 0 saturated heterocycles. The van der Waals surface area contributed by atoms with Crippen LogP contribution in [0.15, 0.2) is 65.3 Å². The highest BCUT2D eigenvalue weighted by Gasteiger charge is 2.17. The second kappa shape index (κ2) is 8.33. The maximum absolute atomic E-state index is 12.1. The first-order valence-corrected chi connectivity index (χ1v) is 8.79. The standard InChI is InChI=1S/C19H16N2O5S/c1-21(13-6-3-2-4-7-13)17(22)12-26-19(24)15-9-10-16(27-15)20-18(23)14-8-5-11-25-14/h2-11H,12H2,1H3,(H,20,23). The van der Waals surface area contributed by atoms with Crippen molar-refractivity contribution in [2.24, 2.45) is 0 Å². The maximum atomic E-state index is 12.1. The predicted molar refractivity (Wildman–Crippen MR) is 101 cm³/mol. The third-order valence-corrected chi connectivity index (χ3v) is 4.61. The Balaban J connectivity index is 1.53. The van der Waals surface area contributed by atoms with Gasteiger partial charge in [0.2, 0.25) is 0 Å². The van der Waals surface area contributed by atoms with Crippen LogP contribution in [0.25, 0.3) is 0 Å². The highest BCUT2D eigenvalue weighted by molar-refractivity contribution is 7.18. The quantitative estimate of drug-likeness (QED) is 0.658. The molecule has 1 N–H and O–H groups in total. The van der Waals surface area contributed by atoms with E-state index in [1.807, 2.05) is 18.2 Å². The molecule has 2 aromatic heterocycles. The van der Waals surface area contributed by atoms with Gasteiger partial charge in [-0.05, 0) is 36.4 Å². The molecule has 0 unspecified atom stereocenters. The lowest BCUT2D eigenvalue weighted by Gasteiger charge is -2.16. The molecule has 138 valence electrons. The van der Waals surface area contributed by atoms with Crippen molar-refractivity contribution in [3.8, 4) is 0 Å². The Hall–Kier alpha value is -3.39. The molecule has 0 aliphatic heterocycles. The predicted octanol–water partition coefficient (Wildman–Crippen LogP) is 3.41. The number of carbonyl (C=O) groups is 3. The van der Waals surface area contributed by atoms with Gasteiger partial charge in [0.25, 0.3) is 11.8 Å². The Morgan fingerprint density at radius 3 is 2.56 bits per heavy atom. The minimum atomic E-state index is -0.631. The summed E-state index contributed by atoms with van der Waals surface area (Å²) >= 11 is 1.05. The minimum Gasteiger partial charge on any atom is -0.459 e. The topological polar surface area (TPSA) is 88.9 Å². The SMILES string of the molecule is CN(C(=O)COC(=O)c1ccc(NC(=O)c2ccco2)s1)c1ccccc1. The first-order valence-electron chi connectivity index (χ1n) is 7.98. The molecule has 2 amide bonds. The summed E-state index contributed by atoms with van der Waals surface area (Å²) in [4.78, 5) is 37.9. The van der Waals surface area contributed by atoms with Gasteiger partial charge in [0.1, 0.15) is 4.88 Å². The number of furan rings is 1. The number of nitrogens with zero attached hydrogens (tertiary/aromatic N) is 1. The fourth-order valence-corrected chi connectivity index (χ4v) is 2.98. The van der Waals surface area contributed by atoms with E-state index in [-0.39, 0.29) is 23.2 Å². The molecule has 0 radical (unpaired) electrons. The number of para-hydroxylation sites is 1. The molecule has 0 fully saturated rings. The van der Waals surface area contributed by atoms with Gasteiger partial charge < -0.3 is 19.4 Å². The number of hydrogen-bond donors (Lipinski definition) is 1. The van der Waals surface area contributed by atoms with Gasteiger partial charge in [0, 0.05) is 12.7 Å². The van der Waals surface area contributed by atoms with Gasteiger partial charge in [-0.1, -0.05) is 18.2 Å². The number of ether oxygens (including phenoxy) is 1. The van der Waals surface area contributed by atoms with E-state index < -0.39 is 11.9 Å². The van der Waals surface area contributed by atoms with Crippen molar-refractivity contribution >= 4 is 39.8 Å². The van der Waals surface area contributed by atoms with Crippen LogP contribution in [0.2, 0.25) is 0 Å². The number of carbonyl (C=O) groups excluding carboxylic acids is 3. The Bertz CT molecular complexity index is 934. The molecule has 7 nitrogen and oxygen atoms in total. The monoisotopic (exact) mass is 384 g/mol. The molecular weight excluding hydrogens is 368 g/mol. The Morgan fingerprint density at radius 2 is 1.85 bits per heavy atom. The number of likely N-dealkylation sites (N-methyl/N-ethyl adjacent to an activating group) is 1. The average molecular weight is 384 g/mol. The Kier molecular flexibility index (Phi) is 5.68. The fraction of sp³-hybridized carbons (Fsp3) is 0.105. The van der Waals surface area contributed by atoms with Crippen molar-refractivity contribution in [3.63, 3.8) is 0 Å².